The Balaban J connectivity index is 1.38. The summed E-state index contributed by atoms with van der Waals surface area (Å²) in [4.78, 5) is 18.9. The fraction of sp³-hybridized carbons (Fsp3) is 0.421. The lowest BCUT2D eigenvalue weighted by molar-refractivity contribution is 0.118. The highest BCUT2D eigenvalue weighted by Gasteiger charge is 2.19. The van der Waals surface area contributed by atoms with Crippen molar-refractivity contribution in [2.75, 3.05) is 26.2 Å². The van der Waals surface area contributed by atoms with Gasteiger partial charge in [0, 0.05) is 52.2 Å². The van der Waals surface area contributed by atoms with Crippen LogP contribution in [0.4, 0.5) is 0 Å². The van der Waals surface area contributed by atoms with Gasteiger partial charge in [0.05, 0.1) is 29.0 Å². The molecule has 0 N–H and O–H groups in total. The van der Waals surface area contributed by atoms with E-state index in [2.05, 4.69) is 33.3 Å². The fourth-order valence-corrected chi connectivity index (χ4v) is 3.34. The van der Waals surface area contributed by atoms with Crippen LogP contribution in [0.25, 0.3) is 11.0 Å². The van der Waals surface area contributed by atoms with E-state index in [0.29, 0.717) is 0 Å². The zero-order valence-electron chi connectivity index (χ0n) is 14.9. The summed E-state index contributed by atoms with van der Waals surface area (Å²) in [6, 6.07) is 8.09. The quantitative estimate of drug-likeness (QED) is 0.729. The van der Waals surface area contributed by atoms with E-state index in [1.54, 1.807) is 0 Å². The minimum absolute atomic E-state index is 0.875. The van der Waals surface area contributed by atoms with Crippen LogP contribution in [0.5, 0.6) is 0 Å². The lowest BCUT2D eigenvalue weighted by atomic mass is 10.2. The van der Waals surface area contributed by atoms with Gasteiger partial charge in [-0.15, -0.1) is 0 Å². The molecule has 25 heavy (non-hydrogen) atoms. The summed E-state index contributed by atoms with van der Waals surface area (Å²) in [5, 5.41) is 0. The van der Waals surface area contributed by atoms with Crippen LogP contribution < -0.4 is 0 Å². The third-order valence-electron chi connectivity index (χ3n) is 4.97. The maximum atomic E-state index is 4.83. The number of piperazine rings is 1. The van der Waals surface area contributed by atoms with Gasteiger partial charge < -0.3 is 4.57 Å². The van der Waals surface area contributed by atoms with Crippen LogP contribution in [0.15, 0.2) is 36.7 Å². The number of fused-ring (bicyclic) bond motifs is 1. The van der Waals surface area contributed by atoms with Crippen molar-refractivity contribution < 1.29 is 0 Å². The normalized spacial score (nSPS) is 16.6. The van der Waals surface area contributed by atoms with E-state index in [9.17, 15) is 0 Å². The Labute approximate surface area is 148 Å². The summed E-state index contributed by atoms with van der Waals surface area (Å²) >= 11 is 0. The number of aromatic nitrogens is 4. The topological polar surface area (TPSA) is 50.1 Å². The van der Waals surface area contributed by atoms with Crippen LogP contribution in [0.3, 0.4) is 0 Å². The second-order valence-corrected chi connectivity index (χ2v) is 6.75. The second kappa shape index (κ2) is 6.90. The largest absolute Gasteiger partial charge is 0.337 e. The SMILES string of the molecule is Cc1nc2ccccc2nc1CN1CCN(Cc2nccn2C)CC1. The molecule has 6 heteroatoms. The maximum Gasteiger partial charge on any atom is 0.122 e. The molecule has 1 aromatic carbocycles. The standard InChI is InChI=1S/C19H24N6/c1-15-18(22-17-6-4-3-5-16(17)21-15)13-24-9-11-25(12-10-24)14-19-20-7-8-23(19)2/h3-8H,9-14H2,1-2H3. The van der Waals surface area contributed by atoms with Gasteiger partial charge in [0.1, 0.15) is 5.82 Å². The Bertz CT molecular complexity index is 863. The highest BCUT2D eigenvalue weighted by Crippen LogP contribution is 2.15. The van der Waals surface area contributed by atoms with Gasteiger partial charge in [0.15, 0.2) is 0 Å². The van der Waals surface area contributed by atoms with E-state index < -0.39 is 0 Å². The van der Waals surface area contributed by atoms with Gasteiger partial charge in [-0.05, 0) is 19.1 Å². The number of benzene rings is 1. The first kappa shape index (κ1) is 16.2. The number of nitrogens with zero attached hydrogens (tertiary/aromatic N) is 6. The molecule has 4 rings (SSSR count). The molecule has 3 heterocycles. The summed E-state index contributed by atoms with van der Waals surface area (Å²) in [5.41, 5.74) is 4.09. The Hall–Kier alpha value is -2.31. The Morgan fingerprint density at radius 3 is 2.20 bits per heavy atom. The van der Waals surface area contributed by atoms with Crippen LogP contribution in [-0.2, 0) is 20.1 Å². The van der Waals surface area contributed by atoms with Crippen molar-refractivity contribution in [1.29, 1.82) is 0 Å². The van der Waals surface area contributed by atoms with Gasteiger partial charge in [-0.2, -0.15) is 0 Å². The monoisotopic (exact) mass is 336 g/mol. The number of para-hydroxylation sites is 2. The Morgan fingerprint density at radius 1 is 0.920 bits per heavy atom. The number of hydrogen-bond acceptors (Lipinski definition) is 5. The van der Waals surface area contributed by atoms with Crippen molar-refractivity contribution in [3.05, 3.63) is 53.9 Å². The van der Waals surface area contributed by atoms with Crippen molar-refractivity contribution in [2.24, 2.45) is 7.05 Å². The number of aryl methyl sites for hydroxylation is 2. The molecule has 0 saturated carbocycles. The lowest BCUT2D eigenvalue weighted by Crippen LogP contribution is -2.45. The lowest BCUT2D eigenvalue weighted by Gasteiger charge is -2.34. The summed E-state index contributed by atoms with van der Waals surface area (Å²) < 4.78 is 2.10. The van der Waals surface area contributed by atoms with Crippen LogP contribution in [-0.4, -0.2) is 55.5 Å². The molecule has 2 aromatic heterocycles. The summed E-state index contributed by atoms with van der Waals surface area (Å²) in [6.45, 7) is 8.09. The van der Waals surface area contributed by atoms with Gasteiger partial charge in [-0.3, -0.25) is 9.80 Å². The molecule has 0 atom stereocenters. The van der Waals surface area contributed by atoms with Gasteiger partial charge in [0.2, 0.25) is 0 Å². The average molecular weight is 336 g/mol. The van der Waals surface area contributed by atoms with Crippen molar-refractivity contribution in [2.45, 2.75) is 20.0 Å². The molecular formula is C19H24N6. The van der Waals surface area contributed by atoms with E-state index in [1.165, 1.54) is 0 Å². The summed E-state index contributed by atoms with van der Waals surface area (Å²) in [5.74, 6) is 1.13. The average Bonchev–Trinajstić information content (AvgIpc) is 3.02. The first-order valence-corrected chi connectivity index (χ1v) is 8.82. The van der Waals surface area contributed by atoms with Crippen molar-refractivity contribution in [1.82, 2.24) is 29.3 Å². The summed E-state index contributed by atoms with van der Waals surface area (Å²) in [7, 11) is 2.06. The third kappa shape index (κ3) is 3.55. The van der Waals surface area contributed by atoms with E-state index in [4.69, 9.17) is 9.97 Å². The van der Waals surface area contributed by atoms with E-state index >= 15 is 0 Å². The first-order chi connectivity index (χ1) is 12.2. The van der Waals surface area contributed by atoms with Crippen molar-refractivity contribution >= 4 is 11.0 Å². The summed E-state index contributed by atoms with van der Waals surface area (Å²) in [6.07, 6.45) is 3.87. The van der Waals surface area contributed by atoms with Crippen molar-refractivity contribution in [3.8, 4) is 0 Å². The number of hydrogen-bond donors (Lipinski definition) is 0. The van der Waals surface area contributed by atoms with Crippen LogP contribution in [0.2, 0.25) is 0 Å². The molecule has 1 saturated heterocycles. The smallest absolute Gasteiger partial charge is 0.122 e. The molecule has 0 bridgehead atoms. The van der Waals surface area contributed by atoms with Gasteiger partial charge in [-0.1, -0.05) is 12.1 Å². The zero-order chi connectivity index (χ0) is 17.2. The number of rotatable bonds is 4. The predicted molar refractivity (Wildman–Crippen MR) is 98.0 cm³/mol. The van der Waals surface area contributed by atoms with Crippen LogP contribution in [0.1, 0.15) is 17.2 Å². The second-order valence-electron chi connectivity index (χ2n) is 6.75. The molecule has 0 spiro atoms. The predicted octanol–water partition coefficient (Wildman–Crippen LogP) is 1.99. The molecule has 0 unspecified atom stereocenters. The maximum absolute atomic E-state index is 4.83. The van der Waals surface area contributed by atoms with Gasteiger partial charge >= 0.3 is 0 Å². The van der Waals surface area contributed by atoms with Gasteiger partial charge in [0.25, 0.3) is 0 Å². The molecule has 0 amide bonds. The molecule has 1 fully saturated rings. The molecule has 1 aliphatic heterocycles. The molecular weight excluding hydrogens is 312 g/mol. The Kier molecular flexibility index (Phi) is 4.46. The van der Waals surface area contributed by atoms with E-state index in [-0.39, 0.29) is 0 Å². The third-order valence-corrected chi connectivity index (χ3v) is 4.97. The van der Waals surface area contributed by atoms with Gasteiger partial charge in [-0.25, -0.2) is 15.0 Å². The van der Waals surface area contributed by atoms with E-state index in [1.807, 2.05) is 36.7 Å². The van der Waals surface area contributed by atoms with Crippen molar-refractivity contribution in [3.63, 3.8) is 0 Å². The molecule has 0 aliphatic carbocycles. The number of imidazole rings is 1. The fourth-order valence-electron chi connectivity index (χ4n) is 3.34. The molecule has 6 nitrogen and oxygen atoms in total. The molecule has 130 valence electrons. The highest BCUT2D eigenvalue weighted by molar-refractivity contribution is 5.74. The molecule has 1 aliphatic rings. The van der Waals surface area contributed by atoms with Crippen LogP contribution >= 0.6 is 0 Å². The zero-order valence-corrected chi connectivity index (χ0v) is 14.9. The Morgan fingerprint density at radius 2 is 1.56 bits per heavy atom. The van der Waals surface area contributed by atoms with E-state index in [0.717, 1.165) is 67.5 Å². The highest BCUT2D eigenvalue weighted by atomic mass is 15.3. The molecule has 0 radical (unpaired) electrons. The minimum Gasteiger partial charge on any atom is -0.337 e. The molecule has 3 aromatic rings. The first-order valence-electron chi connectivity index (χ1n) is 8.82. The minimum atomic E-state index is 0.875. The van der Waals surface area contributed by atoms with Crippen LogP contribution in [0, 0.1) is 6.92 Å².